The molecule has 2 N–H and O–H groups in total. The Bertz CT molecular complexity index is 302. The third kappa shape index (κ3) is 4.67. The Morgan fingerprint density at radius 2 is 1.90 bits per heavy atom. The Kier molecular flexibility index (Phi) is 6.51. The van der Waals surface area contributed by atoms with Crippen molar-refractivity contribution >= 4 is 0 Å². The molecule has 2 fully saturated rings. The molecule has 2 atom stereocenters. The zero-order valence-corrected chi connectivity index (χ0v) is 14.4. The Morgan fingerprint density at radius 1 is 1.19 bits per heavy atom. The molecule has 0 radical (unpaired) electrons. The highest BCUT2D eigenvalue weighted by Crippen LogP contribution is 2.38. The lowest BCUT2D eigenvalue weighted by molar-refractivity contribution is 0.104. The topological polar surface area (TPSA) is 35.5 Å². The first-order valence-electron chi connectivity index (χ1n) is 9.13. The normalized spacial score (nSPS) is 30.9. The molecule has 2 aliphatic carbocycles. The summed E-state index contributed by atoms with van der Waals surface area (Å²) in [5.74, 6) is 1.57. The van der Waals surface area contributed by atoms with Crippen LogP contribution in [0.1, 0.15) is 65.2 Å². The van der Waals surface area contributed by atoms with Gasteiger partial charge in [0.15, 0.2) is 0 Å². The lowest BCUT2D eigenvalue weighted by atomic mass is 9.84. The van der Waals surface area contributed by atoms with Crippen LogP contribution in [-0.4, -0.2) is 48.3 Å². The van der Waals surface area contributed by atoms with Crippen LogP contribution >= 0.6 is 0 Å². The third-order valence-corrected chi connectivity index (χ3v) is 5.72. The number of rotatable bonds is 8. The fourth-order valence-electron chi connectivity index (χ4n) is 4.68. The van der Waals surface area contributed by atoms with Gasteiger partial charge in [0.1, 0.15) is 0 Å². The third-order valence-electron chi connectivity index (χ3n) is 5.72. The Balaban J connectivity index is 1.79. The van der Waals surface area contributed by atoms with Crippen LogP contribution in [0, 0.1) is 11.8 Å². The second-order valence-corrected chi connectivity index (χ2v) is 7.90. The number of hydrogen-bond donors (Lipinski definition) is 2. The standard InChI is InChI=1S/C18H36N2O/c1-15(2)19-18(14-21)11-6-9-17(18)10-12-20(3)13-16-7-4-5-8-16/h15-17,19,21H,4-14H2,1-3H3. The van der Waals surface area contributed by atoms with Crippen LogP contribution in [0.25, 0.3) is 0 Å². The van der Waals surface area contributed by atoms with Crippen molar-refractivity contribution in [3.63, 3.8) is 0 Å². The lowest BCUT2D eigenvalue weighted by Gasteiger charge is -2.37. The van der Waals surface area contributed by atoms with Crippen LogP contribution in [0.4, 0.5) is 0 Å². The minimum atomic E-state index is -0.0115. The van der Waals surface area contributed by atoms with Crippen LogP contribution in [0.3, 0.4) is 0 Å². The van der Waals surface area contributed by atoms with Crippen molar-refractivity contribution in [1.29, 1.82) is 0 Å². The zero-order valence-electron chi connectivity index (χ0n) is 14.4. The highest BCUT2D eigenvalue weighted by Gasteiger charge is 2.42. The van der Waals surface area contributed by atoms with Crippen molar-refractivity contribution in [3.8, 4) is 0 Å². The summed E-state index contributed by atoms with van der Waals surface area (Å²) in [6, 6.07) is 0.453. The lowest BCUT2D eigenvalue weighted by Crippen LogP contribution is -2.54. The molecule has 0 amide bonds. The summed E-state index contributed by atoms with van der Waals surface area (Å²) < 4.78 is 0. The highest BCUT2D eigenvalue weighted by atomic mass is 16.3. The Hall–Kier alpha value is -0.120. The van der Waals surface area contributed by atoms with Gasteiger partial charge in [-0.2, -0.15) is 0 Å². The second kappa shape index (κ2) is 7.94. The van der Waals surface area contributed by atoms with Gasteiger partial charge in [0, 0.05) is 18.1 Å². The van der Waals surface area contributed by atoms with E-state index in [9.17, 15) is 5.11 Å². The minimum absolute atomic E-state index is 0.0115. The molecular weight excluding hydrogens is 260 g/mol. The molecule has 0 aliphatic heterocycles. The number of nitrogens with one attached hydrogen (secondary N) is 1. The van der Waals surface area contributed by atoms with E-state index in [4.69, 9.17) is 0 Å². The average Bonchev–Trinajstić information content (AvgIpc) is 3.06. The maximum absolute atomic E-state index is 9.95. The average molecular weight is 296 g/mol. The molecule has 124 valence electrons. The number of aliphatic hydroxyl groups excluding tert-OH is 1. The predicted molar refractivity (Wildman–Crippen MR) is 89.5 cm³/mol. The van der Waals surface area contributed by atoms with Crippen molar-refractivity contribution in [2.45, 2.75) is 76.8 Å². The molecule has 3 heteroatoms. The van der Waals surface area contributed by atoms with E-state index < -0.39 is 0 Å². The zero-order chi connectivity index (χ0) is 15.3. The minimum Gasteiger partial charge on any atom is -0.394 e. The van der Waals surface area contributed by atoms with Gasteiger partial charge in [-0.3, -0.25) is 0 Å². The van der Waals surface area contributed by atoms with E-state index in [2.05, 4.69) is 31.1 Å². The van der Waals surface area contributed by atoms with Gasteiger partial charge in [-0.15, -0.1) is 0 Å². The van der Waals surface area contributed by atoms with Gasteiger partial charge in [0.2, 0.25) is 0 Å². The fraction of sp³-hybridized carbons (Fsp3) is 1.00. The molecule has 3 nitrogen and oxygen atoms in total. The Morgan fingerprint density at radius 3 is 2.52 bits per heavy atom. The first kappa shape index (κ1) is 17.2. The molecule has 0 aromatic rings. The van der Waals surface area contributed by atoms with Crippen LogP contribution in [0.15, 0.2) is 0 Å². The van der Waals surface area contributed by atoms with Gasteiger partial charge in [0.05, 0.1) is 6.61 Å². The molecule has 2 saturated carbocycles. The predicted octanol–water partition coefficient (Wildman–Crippen LogP) is 3.03. The van der Waals surface area contributed by atoms with Crippen LogP contribution < -0.4 is 5.32 Å². The summed E-state index contributed by atoms with van der Waals surface area (Å²) in [7, 11) is 2.28. The summed E-state index contributed by atoms with van der Waals surface area (Å²) in [5.41, 5.74) is -0.0115. The molecule has 21 heavy (non-hydrogen) atoms. The van der Waals surface area contributed by atoms with Crippen LogP contribution in [0.5, 0.6) is 0 Å². The summed E-state index contributed by atoms with van der Waals surface area (Å²) in [4.78, 5) is 2.53. The molecule has 0 aromatic heterocycles. The van der Waals surface area contributed by atoms with Gasteiger partial charge in [-0.05, 0) is 57.5 Å². The molecule has 0 bridgehead atoms. The van der Waals surface area contributed by atoms with Crippen molar-refractivity contribution < 1.29 is 5.11 Å². The molecule has 2 aliphatic rings. The summed E-state index contributed by atoms with van der Waals surface area (Å²) in [6.45, 7) is 7.14. The van der Waals surface area contributed by atoms with Gasteiger partial charge in [-0.25, -0.2) is 0 Å². The van der Waals surface area contributed by atoms with E-state index in [-0.39, 0.29) is 5.54 Å². The monoisotopic (exact) mass is 296 g/mol. The molecule has 0 saturated heterocycles. The maximum atomic E-state index is 9.95. The summed E-state index contributed by atoms with van der Waals surface area (Å²) >= 11 is 0. The number of aliphatic hydroxyl groups is 1. The molecule has 0 heterocycles. The molecule has 2 unspecified atom stereocenters. The first-order valence-corrected chi connectivity index (χ1v) is 9.13. The van der Waals surface area contributed by atoms with Crippen molar-refractivity contribution in [3.05, 3.63) is 0 Å². The van der Waals surface area contributed by atoms with Crippen molar-refractivity contribution in [2.24, 2.45) is 11.8 Å². The fourth-order valence-corrected chi connectivity index (χ4v) is 4.68. The first-order chi connectivity index (χ1) is 10.1. The molecule has 2 rings (SSSR count). The summed E-state index contributed by atoms with van der Waals surface area (Å²) in [5, 5.41) is 13.6. The van der Waals surface area contributed by atoms with E-state index in [0.717, 1.165) is 12.3 Å². The van der Waals surface area contributed by atoms with Crippen LogP contribution in [0.2, 0.25) is 0 Å². The van der Waals surface area contributed by atoms with Gasteiger partial charge in [-0.1, -0.05) is 33.1 Å². The van der Waals surface area contributed by atoms with E-state index in [1.165, 1.54) is 58.0 Å². The van der Waals surface area contributed by atoms with Crippen molar-refractivity contribution in [2.75, 3.05) is 26.7 Å². The van der Waals surface area contributed by atoms with E-state index in [1.54, 1.807) is 0 Å². The maximum Gasteiger partial charge on any atom is 0.0616 e. The number of hydrogen-bond acceptors (Lipinski definition) is 3. The van der Waals surface area contributed by atoms with Gasteiger partial charge >= 0.3 is 0 Å². The second-order valence-electron chi connectivity index (χ2n) is 7.90. The highest BCUT2D eigenvalue weighted by molar-refractivity contribution is 4.99. The van der Waals surface area contributed by atoms with Crippen molar-refractivity contribution in [1.82, 2.24) is 10.2 Å². The van der Waals surface area contributed by atoms with E-state index in [0.29, 0.717) is 18.6 Å². The number of nitrogens with zero attached hydrogens (tertiary/aromatic N) is 1. The molecular formula is C18H36N2O. The van der Waals surface area contributed by atoms with E-state index in [1.807, 2.05) is 0 Å². The largest absolute Gasteiger partial charge is 0.394 e. The molecule has 0 aromatic carbocycles. The summed E-state index contributed by atoms with van der Waals surface area (Å²) in [6.07, 6.45) is 10.6. The van der Waals surface area contributed by atoms with Gasteiger partial charge in [0.25, 0.3) is 0 Å². The smallest absolute Gasteiger partial charge is 0.0616 e. The van der Waals surface area contributed by atoms with Gasteiger partial charge < -0.3 is 15.3 Å². The van der Waals surface area contributed by atoms with Crippen LogP contribution in [-0.2, 0) is 0 Å². The SMILES string of the molecule is CC(C)NC1(CO)CCCC1CCN(C)CC1CCCC1. The quantitative estimate of drug-likeness (QED) is 0.723. The van der Waals surface area contributed by atoms with E-state index >= 15 is 0 Å². The molecule has 0 spiro atoms. The Labute approximate surface area is 131 Å².